The normalized spacial score (nSPS) is 12.5. The minimum absolute atomic E-state index is 0.982. The van der Waals surface area contributed by atoms with Gasteiger partial charge in [-0.25, -0.2) is 4.98 Å². The first-order valence-electron chi connectivity index (χ1n) is 10.2. The van der Waals surface area contributed by atoms with E-state index < -0.39 is 0 Å². The summed E-state index contributed by atoms with van der Waals surface area (Å²) in [5, 5.41) is 8.92. The molecular weight excluding hydrogens is 418 g/mol. The highest BCUT2D eigenvalue weighted by Crippen LogP contribution is 2.45. The van der Waals surface area contributed by atoms with Crippen LogP contribution in [0.5, 0.6) is 0 Å². The van der Waals surface area contributed by atoms with Gasteiger partial charge in [-0.1, -0.05) is 18.2 Å². The van der Waals surface area contributed by atoms with E-state index in [-0.39, 0.29) is 0 Å². The summed E-state index contributed by atoms with van der Waals surface area (Å²) < 4.78 is 7.55. The summed E-state index contributed by atoms with van der Waals surface area (Å²) in [5.74, 6) is 0. The van der Waals surface area contributed by atoms with Gasteiger partial charge in [0.25, 0.3) is 0 Å². The van der Waals surface area contributed by atoms with Crippen LogP contribution in [-0.2, 0) is 0 Å². The molecule has 0 aliphatic rings. The molecule has 3 aromatic carbocycles. The SMILES string of the molecule is c1ccc2c(c1)sc1cc3c(cc12)sc1ccc2c(c4cnccc4c4nccn24)c13. The molecule has 5 heteroatoms. The van der Waals surface area contributed by atoms with Crippen molar-refractivity contribution < 1.29 is 0 Å². The lowest BCUT2D eigenvalue weighted by Gasteiger charge is -2.09. The molecule has 31 heavy (non-hydrogen) atoms. The molecule has 3 nitrogen and oxygen atoms in total. The lowest BCUT2D eigenvalue weighted by Crippen LogP contribution is -1.91. The third-order valence-electron chi connectivity index (χ3n) is 6.34. The standard InChI is InChI=1S/C26H13N3S2/c1-2-4-20-14(3-1)16-11-23-17(12-22(16)30-20)25-21(31-23)6-5-19-24(25)18-13-27-8-7-15(18)26-28-9-10-29(19)26/h1-13H. The van der Waals surface area contributed by atoms with E-state index in [9.17, 15) is 0 Å². The first-order chi connectivity index (χ1) is 15.4. The van der Waals surface area contributed by atoms with Gasteiger partial charge in [-0.05, 0) is 36.4 Å². The number of hydrogen-bond donors (Lipinski definition) is 0. The molecule has 0 atom stereocenters. The largest absolute Gasteiger partial charge is 0.299 e. The van der Waals surface area contributed by atoms with Crippen LogP contribution in [0, 0.1) is 0 Å². The highest BCUT2D eigenvalue weighted by molar-refractivity contribution is 7.27. The van der Waals surface area contributed by atoms with Crippen molar-refractivity contribution in [3.05, 3.63) is 79.4 Å². The van der Waals surface area contributed by atoms with Crippen LogP contribution < -0.4 is 0 Å². The van der Waals surface area contributed by atoms with E-state index in [2.05, 4.69) is 75.2 Å². The molecule has 0 saturated heterocycles. The monoisotopic (exact) mass is 431 g/mol. The fourth-order valence-electron chi connectivity index (χ4n) is 5.03. The van der Waals surface area contributed by atoms with E-state index in [0.717, 1.165) is 16.4 Å². The van der Waals surface area contributed by atoms with Crippen LogP contribution in [0.25, 0.3) is 67.7 Å². The molecule has 0 bridgehead atoms. The second-order valence-electron chi connectivity index (χ2n) is 7.92. The number of benzene rings is 3. The first kappa shape index (κ1) is 16.2. The molecule has 0 N–H and O–H groups in total. The summed E-state index contributed by atoms with van der Waals surface area (Å²) in [6.07, 6.45) is 7.79. The van der Waals surface area contributed by atoms with E-state index >= 15 is 0 Å². The van der Waals surface area contributed by atoms with Gasteiger partial charge in [0, 0.05) is 81.3 Å². The molecule has 0 aliphatic carbocycles. The topological polar surface area (TPSA) is 30.2 Å². The van der Waals surface area contributed by atoms with Gasteiger partial charge in [-0.3, -0.25) is 9.38 Å². The minimum atomic E-state index is 0.982. The second kappa shape index (κ2) is 5.58. The highest BCUT2D eigenvalue weighted by atomic mass is 32.1. The van der Waals surface area contributed by atoms with Crippen molar-refractivity contribution in [2.24, 2.45) is 0 Å². The molecule has 0 saturated carbocycles. The zero-order valence-corrected chi connectivity index (χ0v) is 17.8. The molecule has 0 spiro atoms. The van der Waals surface area contributed by atoms with Gasteiger partial charge in [0.15, 0.2) is 0 Å². The molecule has 0 fully saturated rings. The number of rotatable bonds is 0. The predicted molar refractivity (Wildman–Crippen MR) is 134 cm³/mol. The van der Waals surface area contributed by atoms with Gasteiger partial charge in [0.05, 0.1) is 5.52 Å². The smallest absolute Gasteiger partial charge is 0.145 e. The van der Waals surface area contributed by atoms with Gasteiger partial charge in [0.1, 0.15) is 5.65 Å². The number of aromatic nitrogens is 3. The van der Waals surface area contributed by atoms with E-state index in [0.29, 0.717) is 0 Å². The molecule has 8 aromatic rings. The van der Waals surface area contributed by atoms with Crippen LogP contribution in [0.15, 0.2) is 79.4 Å². The zero-order chi connectivity index (χ0) is 20.1. The zero-order valence-electron chi connectivity index (χ0n) is 16.2. The maximum Gasteiger partial charge on any atom is 0.145 e. The Morgan fingerprint density at radius 1 is 0.645 bits per heavy atom. The number of thiophene rings is 2. The van der Waals surface area contributed by atoms with Gasteiger partial charge in [-0.15, -0.1) is 22.7 Å². The fraction of sp³-hybridized carbons (Fsp3) is 0. The van der Waals surface area contributed by atoms with Gasteiger partial charge in [-0.2, -0.15) is 0 Å². The number of pyridine rings is 2. The Morgan fingerprint density at radius 3 is 2.52 bits per heavy atom. The predicted octanol–water partition coefficient (Wildman–Crippen LogP) is 7.77. The van der Waals surface area contributed by atoms with Crippen molar-refractivity contribution in [2.45, 2.75) is 0 Å². The summed E-state index contributed by atoms with van der Waals surface area (Å²) in [6, 6.07) is 20.1. The van der Waals surface area contributed by atoms with Crippen molar-refractivity contribution >= 4 is 90.3 Å². The van der Waals surface area contributed by atoms with Crippen LogP contribution in [0.1, 0.15) is 0 Å². The van der Waals surface area contributed by atoms with Crippen LogP contribution in [0.3, 0.4) is 0 Å². The maximum atomic E-state index is 4.63. The van der Waals surface area contributed by atoms with Crippen molar-refractivity contribution in [3.8, 4) is 0 Å². The first-order valence-corrected chi connectivity index (χ1v) is 11.8. The molecule has 0 amide bonds. The van der Waals surface area contributed by atoms with Crippen LogP contribution in [0.2, 0.25) is 0 Å². The number of imidazole rings is 1. The quantitative estimate of drug-likeness (QED) is 0.230. The van der Waals surface area contributed by atoms with Crippen molar-refractivity contribution in [2.75, 3.05) is 0 Å². The molecule has 8 rings (SSSR count). The molecule has 5 heterocycles. The summed E-state index contributed by atoms with van der Waals surface area (Å²) >= 11 is 3.76. The molecule has 0 aliphatic heterocycles. The van der Waals surface area contributed by atoms with E-state index in [4.69, 9.17) is 0 Å². The van der Waals surface area contributed by atoms with Crippen LogP contribution >= 0.6 is 22.7 Å². The summed E-state index contributed by atoms with van der Waals surface area (Å²) in [5.41, 5.74) is 2.16. The third kappa shape index (κ3) is 1.98. The Morgan fingerprint density at radius 2 is 1.52 bits per heavy atom. The Bertz CT molecular complexity index is 2010. The van der Waals surface area contributed by atoms with Gasteiger partial charge >= 0.3 is 0 Å². The summed E-state index contributed by atoms with van der Waals surface area (Å²) in [6.45, 7) is 0. The lowest BCUT2D eigenvalue weighted by atomic mass is 10.0. The van der Waals surface area contributed by atoms with Crippen LogP contribution in [0.4, 0.5) is 0 Å². The number of hydrogen-bond acceptors (Lipinski definition) is 4. The van der Waals surface area contributed by atoms with Crippen molar-refractivity contribution in [3.63, 3.8) is 0 Å². The van der Waals surface area contributed by atoms with E-state index in [1.165, 1.54) is 51.2 Å². The highest BCUT2D eigenvalue weighted by Gasteiger charge is 2.17. The Labute approximate surface area is 183 Å². The maximum absolute atomic E-state index is 4.63. The minimum Gasteiger partial charge on any atom is -0.299 e. The van der Waals surface area contributed by atoms with Gasteiger partial charge in [0.2, 0.25) is 0 Å². The number of nitrogens with zero attached hydrogens (tertiary/aromatic N) is 3. The van der Waals surface area contributed by atoms with E-state index in [1.807, 2.05) is 41.3 Å². The Hall–Kier alpha value is -3.54. The Balaban J connectivity index is 1.67. The third-order valence-corrected chi connectivity index (χ3v) is 8.60. The van der Waals surface area contributed by atoms with Gasteiger partial charge < -0.3 is 0 Å². The molecule has 0 radical (unpaired) electrons. The number of fused-ring (bicyclic) bond motifs is 13. The second-order valence-corrected chi connectivity index (χ2v) is 10.1. The molecule has 0 unspecified atom stereocenters. The average Bonchev–Trinajstić information content (AvgIpc) is 3.52. The molecular formula is C26H13N3S2. The summed E-state index contributed by atoms with van der Waals surface area (Å²) in [4.78, 5) is 9.10. The lowest BCUT2D eigenvalue weighted by molar-refractivity contribution is 1.27. The average molecular weight is 432 g/mol. The summed E-state index contributed by atoms with van der Waals surface area (Å²) in [7, 11) is 0. The molecule has 144 valence electrons. The molecule has 5 aromatic heterocycles. The fourth-order valence-corrected chi connectivity index (χ4v) is 7.30. The van der Waals surface area contributed by atoms with E-state index in [1.54, 1.807) is 0 Å². The van der Waals surface area contributed by atoms with Crippen molar-refractivity contribution in [1.29, 1.82) is 0 Å². The van der Waals surface area contributed by atoms with Crippen LogP contribution in [-0.4, -0.2) is 14.4 Å². The van der Waals surface area contributed by atoms with Crippen molar-refractivity contribution in [1.82, 2.24) is 14.4 Å². The Kier molecular flexibility index (Phi) is 2.91.